The highest BCUT2D eigenvalue weighted by Crippen LogP contribution is 2.19. The van der Waals surface area contributed by atoms with Crippen molar-refractivity contribution < 1.29 is 9.53 Å². The predicted octanol–water partition coefficient (Wildman–Crippen LogP) is 1.40. The average molecular weight is 254 g/mol. The van der Waals surface area contributed by atoms with Crippen LogP contribution in [0, 0.1) is 5.92 Å². The predicted molar refractivity (Wildman–Crippen MR) is 71.4 cm³/mol. The Labute approximate surface area is 110 Å². The molecule has 0 spiro atoms. The summed E-state index contributed by atoms with van der Waals surface area (Å²) in [5.41, 5.74) is 0. The van der Waals surface area contributed by atoms with Gasteiger partial charge in [0.05, 0.1) is 6.61 Å². The molecule has 2 heterocycles. The van der Waals surface area contributed by atoms with Gasteiger partial charge in [0.1, 0.15) is 0 Å². The fourth-order valence-corrected chi connectivity index (χ4v) is 2.98. The lowest BCUT2D eigenvalue weighted by Gasteiger charge is -2.30. The first-order valence-corrected chi connectivity index (χ1v) is 7.40. The van der Waals surface area contributed by atoms with Gasteiger partial charge >= 0.3 is 0 Å². The van der Waals surface area contributed by atoms with Crippen LogP contribution in [0.4, 0.5) is 0 Å². The maximum atomic E-state index is 12.0. The summed E-state index contributed by atoms with van der Waals surface area (Å²) in [4.78, 5) is 14.1. The van der Waals surface area contributed by atoms with Gasteiger partial charge in [-0.2, -0.15) is 0 Å². The van der Waals surface area contributed by atoms with E-state index in [1.165, 1.54) is 6.42 Å². The standard InChI is InChI=1S/C14H26N2O2/c1-2-15-13(12-7-9-18-11-12)10-16-8-5-3-4-6-14(16)17/h12-13,15H,2-11H2,1H3. The van der Waals surface area contributed by atoms with E-state index in [4.69, 9.17) is 4.74 Å². The van der Waals surface area contributed by atoms with Crippen molar-refractivity contribution in [2.24, 2.45) is 5.92 Å². The smallest absolute Gasteiger partial charge is 0.222 e. The maximum absolute atomic E-state index is 12.0. The van der Waals surface area contributed by atoms with E-state index >= 15 is 0 Å². The monoisotopic (exact) mass is 254 g/mol. The van der Waals surface area contributed by atoms with Crippen molar-refractivity contribution in [2.75, 3.05) is 32.8 Å². The lowest BCUT2D eigenvalue weighted by Crippen LogP contribution is -2.47. The third-order valence-corrected chi connectivity index (χ3v) is 4.09. The van der Waals surface area contributed by atoms with Crippen LogP contribution in [0.1, 0.15) is 39.0 Å². The third-order valence-electron chi connectivity index (χ3n) is 4.09. The van der Waals surface area contributed by atoms with E-state index < -0.39 is 0 Å². The van der Waals surface area contributed by atoms with E-state index in [-0.39, 0.29) is 0 Å². The number of likely N-dealkylation sites (tertiary alicyclic amines) is 1. The Morgan fingerprint density at radius 1 is 1.44 bits per heavy atom. The molecular weight excluding hydrogens is 228 g/mol. The summed E-state index contributed by atoms with van der Waals surface area (Å²) in [7, 11) is 0. The molecule has 2 aliphatic rings. The van der Waals surface area contributed by atoms with Crippen LogP contribution >= 0.6 is 0 Å². The minimum Gasteiger partial charge on any atom is -0.381 e. The number of carbonyl (C=O) groups is 1. The first-order chi connectivity index (χ1) is 8.81. The molecule has 4 heteroatoms. The summed E-state index contributed by atoms with van der Waals surface area (Å²) in [5.74, 6) is 0.912. The molecule has 2 saturated heterocycles. The van der Waals surface area contributed by atoms with Crippen LogP contribution in [0.2, 0.25) is 0 Å². The second kappa shape index (κ2) is 7.10. The second-order valence-corrected chi connectivity index (χ2v) is 5.44. The fraction of sp³-hybridized carbons (Fsp3) is 0.929. The Bertz CT molecular complexity index is 265. The number of likely N-dealkylation sites (N-methyl/N-ethyl adjacent to an activating group) is 1. The van der Waals surface area contributed by atoms with E-state index in [2.05, 4.69) is 17.1 Å². The van der Waals surface area contributed by atoms with Gasteiger partial charge in [-0.25, -0.2) is 0 Å². The highest BCUT2D eigenvalue weighted by molar-refractivity contribution is 5.76. The molecular formula is C14H26N2O2. The van der Waals surface area contributed by atoms with Gasteiger partial charge in [-0.1, -0.05) is 13.3 Å². The summed E-state index contributed by atoms with van der Waals surface area (Å²) in [6.07, 6.45) is 5.28. The Morgan fingerprint density at radius 3 is 3.06 bits per heavy atom. The number of nitrogens with zero attached hydrogens (tertiary/aromatic N) is 1. The van der Waals surface area contributed by atoms with E-state index in [0.717, 1.165) is 58.5 Å². The normalized spacial score (nSPS) is 27.3. The molecule has 0 aromatic heterocycles. The number of nitrogens with one attached hydrogen (secondary N) is 1. The van der Waals surface area contributed by atoms with Crippen molar-refractivity contribution in [1.82, 2.24) is 10.2 Å². The molecule has 0 bridgehead atoms. The molecule has 1 N–H and O–H groups in total. The summed E-state index contributed by atoms with van der Waals surface area (Å²) in [6.45, 7) is 6.62. The third kappa shape index (κ3) is 3.69. The zero-order chi connectivity index (χ0) is 12.8. The van der Waals surface area contributed by atoms with Crippen LogP contribution in [0.3, 0.4) is 0 Å². The van der Waals surface area contributed by atoms with Crippen molar-refractivity contribution in [3.05, 3.63) is 0 Å². The largest absolute Gasteiger partial charge is 0.381 e. The molecule has 2 atom stereocenters. The maximum Gasteiger partial charge on any atom is 0.222 e. The van der Waals surface area contributed by atoms with Gasteiger partial charge in [0.2, 0.25) is 5.91 Å². The van der Waals surface area contributed by atoms with E-state index in [1.807, 2.05) is 0 Å². The second-order valence-electron chi connectivity index (χ2n) is 5.44. The van der Waals surface area contributed by atoms with Crippen molar-refractivity contribution in [3.63, 3.8) is 0 Å². The fourth-order valence-electron chi connectivity index (χ4n) is 2.98. The Hall–Kier alpha value is -0.610. The number of amides is 1. The molecule has 2 unspecified atom stereocenters. The van der Waals surface area contributed by atoms with Crippen molar-refractivity contribution in [2.45, 2.75) is 45.1 Å². The first-order valence-electron chi connectivity index (χ1n) is 7.40. The highest BCUT2D eigenvalue weighted by atomic mass is 16.5. The molecule has 4 nitrogen and oxygen atoms in total. The van der Waals surface area contributed by atoms with E-state index in [1.54, 1.807) is 0 Å². The van der Waals surface area contributed by atoms with Crippen LogP contribution in [0.25, 0.3) is 0 Å². The van der Waals surface area contributed by atoms with Gasteiger partial charge in [-0.05, 0) is 25.8 Å². The zero-order valence-corrected chi connectivity index (χ0v) is 11.5. The van der Waals surface area contributed by atoms with E-state index in [9.17, 15) is 4.79 Å². The van der Waals surface area contributed by atoms with Gasteiger partial charge in [-0.15, -0.1) is 0 Å². The molecule has 104 valence electrons. The Kier molecular flexibility index (Phi) is 5.45. The van der Waals surface area contributed by atoms with Crippen LogP contribution in [-0.4, -0.2) is 49.7 Å². The summed E-state index contributed by atoms with van der Waals surface area (Å²) in [5, 5.41) is 3.54. The van der Waals surface area contributed by atoms with Crippen LogP contribution in [-0.2, 0) is 9.53 Å². The molecule has 2 aliphatic heterocycles. The minimum absolute atomic E-state index is 0.342. The van der Waals surface area contributed by atoms with Crippen LogP contribution in [0.5, 0.6) is 0 Å². The number of hydrogen-bond acceptors (Lipinski definition) is 3. The van der Waals surface area contributed by atoms with Gasteiger partial charge in [-0.3, -0.25) is 4.79 Å². The number of rotatable bonds is 5. The lowest BCUT2D eigenvalue weighted by molar-refractivity contribution is -0.131. The van der Waals surface area contributed by atoms with Gasteiger partial charge in [0.25, 0.3) is 0 Å². The molecule has 0 aromatic rings. The molecule has 18 heavy (non-hydrogen) atoms. The van der Waals surface area contributed by atoms with Crippen molar-refractivity contribution in [3.8, 4) is 0 Å². The summed E-state index contributed by atoms with van der Waals surface area (Å²) in [6, 6.07) is 0.402. The molecule has 0 aromatic carbocycles. The number of ether oxygens (including phenoxy) is 1. The van der Waals surface area contributed by atoms with Crippen molar-refractivity contribution >= 4 is 5.91 Å². The number of hydrogen-bond donors (Lipinski definition) is 1. The summed E-state index contributed by atoms with van der Waals surface area (Å²) < 4.78 is 5.48. The quantitative estimate of drug-likeness (QED) is 0.806. The lowest BCUT2D eigenvalue weighted by atomic mass is 9.98. The average Bonchev–Trinajstić information content (AvgIpc) is 2.82. The molecule has 0 radical (unpaired) electrons. The highest BCUT2D eigenvalue weighted by Gasteiger charge is 2.28. The van der Waals surface area contributed by atoms with E-state index in [0.29, 0.717) is 17.9 Å². The molecule has 2 rings (SSSR count). The Morgan fingerprint density at radius 2 is 2.33 bits per heavy atom. The summed E-state index contributed by atoms with van der Waals surface area (Å²) >= 11 is 0. The molecule has 0 saturated carbocycles. The van der Waals surface area contributed by atoms with Gasteiger partial charge < -0.3 is 15.0 Å². The SMILES string of the molecule is CCNC(CN1CCCCCC1=O)C1CCOC1. The number of carbonyl (C=O) groups excluding carboxylic acids is 1. The first kappa shape index (κ1) is 13.8. The van der Waals surface area contributed by atoms with Crippen molar-refractivity contribution in [1.29, 1.82) is 0 Å². The van der Waals surface area contributed by atoms with Crippen LogP contribution < -0.4 is 5.32 Å². The minimum atomic E-state index is 0.342. The molecule has 0 aliphatic carbocycles. The topological polar surface area (TPSA) is 41.6 Å². The molecule has 2 fully saturated rings. The molecule has 1 amide bonds. The van der Waals surface area contributed by atoms with Crippen LogP contribution in [0.15, 0.2) is 0 Å². The Balaban J connectivity index is 1.91. The van der Waals surface area contributed by atoms with Gasteiger partial charge in [0, 0.05) is 38.1 Å². The zero-order valence-electron chi connectivity index (χ0n) is 11.5. The van der Waals surface area contributed by atoms with Gasteiger partial charge in [0.15, 0.2) is 0 Å².